The first-order chi connectivity index (χ1) is 13.2. The topological polar surface area (TPSA) is 98.2 Å². The Morgan fingerprint density at radius 2 is 1.89 bits per heavy atom. The maximum absolute atomic E-state index is 12.4. The van der Waals surface area contributed by atoms with Gasteiger partial charge in [0.15, 0.2) is 0 Å². The predicted octanol–water partition coefficient (Wildman–Crippen LogP) is 3.08. The number of fused-ring (bicyclic) bond motifs is 1. The number of methoxy groups -OCH3 is 1. The molecule has 8 heteroatoms. The van der Waals surface area contributed by atoms with Crippen LogP contribution in [0.4, 0.5) is 4.79 Å². The minimum Gasteiger partial charge on any atom is -0.494 e. The fraction of sp³-hybridized carbons (Fsp3) is 0.450. The Morgan fingerprint density at radius 1 is 1.21 bits per heavy atom. The van der Waals surface area contributed by atoms with E-state index in [1.165, 1.54) is 4.90 Å². The van der Waals surface area contributed by atoms with Crippen molar-refractivity contribution in [2.24, 2.45) is 0 Å². The molecule has 28 heavy (non-hydrogen) atoms. The van der Waals surface area contributed by atoms with E-state index in [1.807, 2.05) is 24.3 Å². The number of hydrogen-bond acceptors (Lipinski definition) is 6. The zero-order valence-corrected chi connectivity index (χ0v) is 16.3. The Bertz CT molecular complexity index is 892. The Kier molecular flexibility index (Phi) is 5.31. The van der Waals surface area contributed by atoms with Crippen LogP contribution in [0, 0.1) is 0 Å². The molecule has 2 atom stereocenters. The van der Waals surface area contributed by atoms with E-state index in [4.69, 9.17) is 14.2 Å². The van der Waals surface area contributed by atoms with Gasteiger partial charge in [-0.05, 0) is 26.8 Å². The summed E-state index contributed by atoms with van der Waals surface area (Å²) in [5.74, 6) is -0.103. The van der Waals surface area contributed by atoms with Crippen LogP contribution in [0.1, 0.15) is 27.2 Å². The Morgan fingerprint density at radius 3 is 2.50 bits per heavy atom. The number of aliphatic carboxylic acids is 1. The maximum Gasteiger partial charge on any atom is 0.411 e. The predicted molar refractivity (Wildman–Crippen MR) is 102 cm³/mol. The molecule has 1 unspecified atom stereocenters. The van der Waals surface area contributed by atoms with Gasteiger partial charge in [0.2, 0.25) is 5.88 Å². The monoisotopic (exact) mass is 388 g/mol. The second-order valence-corrected chi connectivity index (χ2v) is 7.64. The first kappa shape index (κ1) is 19.7. The Labute approximate surface area is 163 Å². The summed E-state index contributed by atoms with van der Waals surface area (Å²) in [7, 11) is 1.57. The van der Waals surface area contributed by atoms with Crippen LogP contribution in [0.25, 0.3) is 10.8 Å². The zero-order valence-electron chi connectivity index (χ0n) is 16.3. The molecule has 0 saturated carbocycles. The van der Waals surface area contributed by atoms with Gasteiger partial charge in [0.1, 0.15) is 23.5 Å². The third-order valence-corrected chi connectivity index (χ3v) is 4.40. The van der Waals surface area contributed by atoms with E-state index in [2.05, 4.69) is 4.98 Å². The van der Waals surface area contributed by atoms with Crippen molar-refractivity contribution in [3.63, 3.8) is 0 Å². The summed E-state index contributed by atoms with van der Waals surface area (Å²) >= 11 is 0. The Balaban J connectivity index is 1.83. The van der Waals surface area contributed by atoms with Crippen LogP contribution < -0.4 is 9.47 Å². The number of ether oxygens (including phenoxy) is 3. The number of likely N-dealkylation sites (tertiary alicyclic amines) is 1. The van der Waals surface area contributed by atoms with Crippen molar-refractivity contribution in [2.75, 3.05) is 13.7 Å². The summed E-state index contributed by atoms with van der Waals surface area (Å²) in [6, 6.07) is 6.48. The number of carbonyl (C=O) groups is 2. The molecule has 1 amide bonds. The number of amides is 1. The second-order valence-electron chi connectivity index (χ2n) is 7.64. The fourth-order valence-corrected chi connectivity index (χ4v) is 3.19. The second kappa shape index (κ2) is 7.53. The smallest absolute Gasteiger partial charge is 0.411 e. The van der Waals surface area contributed by atoms with Gasteiger partial charge in [0.05, 0.1) is 19.9 Å². The average Bonchev–Trinajstić information content (AvgIpc) is 3.05. The number of benzene rings is 1. The molecule has 1 aliphatic rings. The molecule has 2 aromatic rings. The average molecular weight is 388 g/mol. The molecule has 0 radical (unpaired) electrons. The minimum absolute atomic E-state index is 0.105. The van der Waals surface area contributed by atoms with Gasteiger partial charge in [0, 0.05) is 17.2 Å². The third-order valence-electron chi connectivity index (χ3n) is 4.40. The van der Waals surface area contributed by atoms with Crippen molar-refractivity contribution in [2.45, 2.75) is 44.9 Å². The summed E-state index contributed by atoms with van der Waals surface area (Å²) in [4.78, 5) is 29.6. The first-order valence-electron chi connectivity index (χ1n) is 9.00. The SMILES string of the molecule is COc1cnc(OC2C[C@@H](C(=O)O)N(C(=O)OC(C)(C)C)C2)c2ccccc12. The van der Waals surface area contributed by atoms with E-state index in [0.717, 1.165) is 10.8 Å². The van der Waals surface area contributed by atoms with Gasteiger partial charge in [-0.15, -0.1) is 0 Å². The standard InChI is InChI=1S/C20H24N2O6/c1-20(2,3)28-19(25)22-11-12(9-15(22)18(23)24)27-17-14-8-6-5-7-13(14)16(26-4)10-21-17/h5-8,10,12,15H,9,11H2,1-4H3,(H,23,24)/t12?,15-/m0/s1. The normalized spacial score (nSPS) is 19.5. The molecule has 1 saturated heterocycles. The first-order valence-corrected chi connectivity index (χ1v) is 9.00. The number of hydrogen-bond donors (Lipinski definition) is 1. The molecular formula is C20H24N2O6. The van der Waals surface area contributed by atoms with Crippen LogP contribution in [-0.2, 0) is 9.53 Å². The largest absolute Gasteiger partial charge is 0.494 e. The van der Waals surface area contributed by atoms with E-state index in [0.29, 0.717) is 11.6 Å². The number of carboxylic acid groups (broad SMARTS) is 1. The number of rotatable bonds is 4. The van der Waals surface area contributed by atoms with E-state index in [1.54, 1.807) is 34.1 Å². The molecule has 3 rings (SSSR count). The van der Waals surface area contributed by atoms with Gasteiger partial charge in [-0.1, -0.05) is 18.2 Å². The van der Waals surface area contributed by atoms with Crippen molar-refractivity contribution in [3.8, 4) is 11.6 Å². The van der Waals surface area contributed by atoms with Gasteiger partial charge in [-0.3, -0.25) is 4.90 Å². The highest BCUT2D eigenvalue weighted by Crippen LogP contribution is 2.33. The van der Waals surface area contributed by atoms with Gasteiger partial charge in [-0.25, -0.2) is 14.6 Å². The zero-order chi connectivity index (χ0) is 20.5. The summed E-state index contributed by atoms with van der Waals surface area (Å²) in [6.07, 6.45) is 0.528. The van der Waals surface area contributed by atoms with Crippen LogP contribution in [0.2, 0.25) is 0 Å². The lowest BCUT2D eigenvalue weighted by atomic mass is 10.1. The molecule has 2 heterocycles. The van der Waals surface area contributed by atoms with Gasteiger partial charge < -0.3 is 19.3 Å². The van der Waals surface area contributed by atoms with Gasteiger partial charge in [-0.2, -0.15) is 0 Å². The molecule has 1 aromatic carbocycles. The molecule has 0 aliphatic carbocycles. The van der Waals surface area contributed by atoms with E-state index < -0.39 is 29.8 Å². The summed E-state index contributed by atoms with van der Waals surface area (Å²) in [5, 5.41) is 11.1. The highest BCUT2D eigenvalue weighted by Gasteiger charge is 2.43. The fourth-order valence-electron chi connectivity index (χ4n) is 3.19. The molecule has 150 valence electrons. The summed E-state index contributed by atoms with van der Waals surface area (Å²) < 4.78 is 16.7. The molecule has 1 aromatic heterocycles. The number of aromatic nitrogens is 1. The Hall–Kier alpha value is -3.03. The lowest BCUT2D eigenvalue weighted by Crippen LogP contribution is -2.43. The lowest BCUT2D eigenvalue weighted by Gasteiger charge is -2.26. The molecule has 0 bridgehead atoms. The maximum atomic E-state index is 12.4. The highest BCUT2D eigenvalue weighted by atomic mass is 16.6. The van der Waals surface area contributed by atoms with E-state index in [-0.39, 0.29) is 13.0 Å². The van der Waals surface area contributed by atoms with Crippen LogP contribution in [0.5, 0.6) is 11.6 Å². The van der Waals surface area contributed by atoms with Gasteiger partial charge >= 0.3 is 12.1 Å². The minimum atomic E-state index is -1.09. The van der Waals surface area contributed by atoms with Crippen LogP contribution in [-0.4, -0.2) is 58.5 Å². The summed E-state index contributed by atoms with van der Waals surface area (Å²) in [6.45, 7) is 5.31. The van der Waals surface area contributed by atoms with Crippen molar-refractivity contribution in [3.05, 3.63) is 30.5 Å². The molecule has 8 nitrogen and oxygen atoms in total. The molecule has 1 N–H and O–H groups in total. The summed E-state index contributed by atoms with van der Waals surface area (Å²) in [5.41, 5.74) is -0.715. The van der Waals surface area contributed by atoms with E-state index >= 15 is 0 Å². The highest BCUT2D eigenvalue weighted by molar-refractivity contribution is 5.91. The molecule has 1 aliphatic heterocycles. The molecule has 1 fully saturated rings. The van der Waals surface area contributed by atoms with Crippen LogP contribution in [0.15, 0.2) is 30.5 Å². The van der Waals surface area contributed by atoms with Crippen molar-refractivity contribution in [1.82, 2.24) is 9.88 Å². The van der Waals surface area contributed by atoms with E-state index in [9.17, 15) is 14.7 Å². The van der Waals surface area contributed by atoms with Crippen molar-refractivity contribution >= 4 is 22.8 Å². The van der Waals surface area contributed by atoms with Gasteiger partial charge in [0.25, 0.3) is 0 Å². The quantitative estimate of drug-likeness (QED) is 0.859. The lowest BCUT2D eigenvalue weighted by molar-refractivity contribution is -0.142. The van der Waals surface area contributed by atoms with Crippen LogP contribution in [0.3, 0.4) is 0 Å². The van der Waals surface area contributed by atoms with Crippen molar-refractivity contribution in [1.29, 1.82) is 0 Å². The third kappa shape index (κ3) is 4.11. The molecule has 0 spiro atoms. The van der Waals surface area contributed by atoms with Crippen LogP contribution >= 0.6 is 0 Å². The van der Waals surface area contributed by atoms with Crippen molar-refractivity contribution < 1.29 is 28.9 Å². The number of carboxylic acids is 1. The number of carbonyl (C=O) groups excluding carboxylic acids is 1. The number of pyridine rings is 1. The number of nitrogens with zero attached hydrogens (tertiary/aromatic N) is 2. The molecular weight excluding hydrogens is 364 g/mol.